The highest BCUT2D eigenvalue weighted by Gasteiger charge is 2.29. The van der Waals surface area contributed by atoms with Crippen molar-refractivity contribution in [3.63, 3.8) is 0 Å². The van der Waals surface area contributed by atoms with Crippen molar-refractivity contribution in [2.75, 3.05) is 13.7 Å². The standard InChI is InChI=1S/C25H30O6/c1-17(14-15-30-16-20-10-12-22(29-4)13-11-20)23(26)18(2)24(27)19(3)31-25(28)21-8-6-5-7-9-21/h5-14,18-19,23,26H,15-16H2,1-4H3/b17-14+/t18-,19+,23-/m1/s1. The number of rotatable bonds is 11. The highest BCUT2D eigenvalue weighted by atomic mass is 16.5. The van der Waals surface area contributed by atoms with Gasteiger partial charge < -0.3 is 19.3 Å². The molecule has 2 aromatic carbocycles. The Balaban J connectivity index is 1.82. The number of ketones is 1. The second kappa shape index (κ2) is 12.0. The van der Waals surface area contributed by atoms with Crippen molar-refractivity contribution in [1.29, 1.82) is 0 Å². The van der Waals surface area contributed by atoms with Gasteiger partial charge in [0.25, 0.3) is 0 Å². The Bertz CT molecular complexity index is 873. The minimum Gasteiger partial charge on any atom is -0.497 e. The summed E-state index contributed by atoms with van der Waals surface area (Å²) in [5, 5.41) is 10.5. The van der Waals surface area contributed by atoms with Crippen molar-refractivity contribution < 1.29 is 28.9 Å². The molecule has 0 saturated carbocycles. The minimum atomic E-state index is -0.991. The van der Waals surface area contributed by atoms with Crippen LogP contribution in [0.25, 0.3) is 0 Å². The van der Waals surface area contributed by atoms with Crippen LogP contribution in [-0.2, 0) is 20.9 Å². The fourth-order valence-corrected chi connectivity index (χ4v) is 2.99. The maximum absolute atomic E-state index is 12.6. The first-order chi connectivity index (χ1) is 14.8. The summed E-state index contributed by atoms with van der Waals surface area (Å²) < 4.78 is 16.0. The van der Waals surface area contributed by atoms with Crippen LogP contribution in [-0.4, -0.2) is 42.8 Å². The average molecular weight is 427 g/mol. The molecule has 0 spiro atoms. The highest BCUT2D eigenvalue weighted by molar-refractivity contribution is 5.93. The van der Waals surface area contributed by atoms with E-state index in [4.69, 9.17) is 14.2 Å². The number of Topliss-reactive ketones (excluding diaryl/α,β-unsaturated/α-hetero) is 1. The number of hydrogen-bond acceptors (Lipinski definition) is 6. The Kier molecular flexibility index (Phi) is 9.43. The number of aliphatic hydroxyl groups excluding tert-OH is 1. The lowest BCUT2D eigenvalue weighted by molar-refractivity contribution is -0.133. The van der Waals surface area contributed by atoms with Crippen LogP contribution in [0, 0.1) is 5.92 Å². The number of esters is 1. The van der Waals surface area contributed by atoms with Gasteiger partial charge in [0.05, 0.1) is 32.0 Å². The molecule has 0 amide bonds. The van der Waals surface area contributed by atoms with Gasteiger partial charge in [-0.3, -0.25) is 4.79 Å². The molecule has 0 aliphatic heterocycles. The second-order valence-corrected chi connectivity index (χ2v) is 7.36. The molecule has 0 aliphatic rings. The van der Waals surface area contributed by atoms with Gasteiger partial charge in [-0.25, -0.2) is 4.79 Å². The molecule has 0 radical (unpaired) electrons. The summed E-state index contributed by atoms with van der Waals surface area (Å²) in [7, 11) is 1.62. The molecule has 2 aromatic rings. The number of aliphatic hydroxyl groups is 1. The van der Waals surface area contributed by atoms with Crippen LogP contribution in [0.1, 0.15) is 36.7 Å². The number of benzene rings is 2. The molecule has 0 aliphatic carbocycles. The van der Waals surface area contributed by atoms with Gasteiger partial charge in [-0.1, -0.05) is 43.3 Å². The molecular formula is C25H30O6. The number of ether oxygens (including phenoxy) is 3. The quantitative estimate of drug-likeness (QED) is 0.333. The summed E-state index contributed by atoms with van der Waals surface area (Å²) in [6, 6.07) is 16.0. The first kappa shape index (κ1) is 24.3. The lowest BCUT2D eigenvalue weighted by Gasteiger charge is -2.22. The Morgan fingerprint density at radius 3 is 2.29 bits per heavy atom. The van der Waals surface area contributed by atoms with E-state index in [9.17, 15) is 14.7 Å². The zero-order valence-corrected chi connectivity index (χ0v) is 18.4. The predicted octanol–water partition coefficient (Wildman–Crippen LogP) is 3.97. The predicted molar refractivity (Wildman–Crippen MR) is 118 cm³/mol. The Hall–Kier alpha value is -2.96. The number of carbonyl (C=O) groups is 2. The normalized spacial score (nSPS) is 14.4. The molecule has 3 atom stereocenters. The number of carbonyl (C=O) groups excluding carboxylic acids is 2. The smallest absolute Gasteiger partial charge is 0.338 e. The fourth-order valence-electron chi connectivity index (χ4n) is 2.99. The molecule has 0 bridgehead atoms. The molecule has 1 N–H and O–H groups in total. The van der Waals surface area contributed by atoms with Crippen LogP contribution >= 0.6 is 0 Å². The zero-order chi connectivity index (χ0) is 22.8. The van der Waals surface area contributed by atoms with Gasteiger partial charge in [-0.15, -0.1) is 0 Å². The van der Waals surface area contributed by atoms with Gasteiger partial charge in [0, 0.05) is 5.92 Å². The molecule has 0 fully saturated rings. The zero-order valence-electron chi connectivity index (χ0n) is 18.4. The van der Waals surface area contributed by atoms with E-state index in [2.05, 4.69) is 0 Å². The minimum absolute atomic E-state index is 0.300. The van der Waals surface area contributed by atoms with Crippen LogP contribution < -0.4 is 4.74 Å². The van der Waals surface area contributed by atoms with Gasteiger partial charge in [0.2, 0.25) is 0 Å². The van der Waals surface area contributed by atoms with E-state index in [1.807, 2.05) is 24.3 Å². The highest BCUT2D eigenvalue weighted by Crippen LogP contribution is 2.17. The second-order valence-electron chi connectivity index (χ2n) is 7.36. The fraction of sp³-hybridized carbons (Fsp3) is 0.360. The van der Waals surface area contributed by atoms with Gasteiger partial charge in [0.15, 0.2) is 11.9 Å². The van der Waals surface area contributed by atoms with Crippen LogP contribution in [0.3, 0.4) is 0 Å². The maximum atomic E-state index is 12.6. The molecule has 0 saturated heterocycles. The molecule has 166 valence electrons. The third-order valence-electron chi connectivity index (χ3n) is 5.03. The molecule has 0 heterocycles. The van der Waals surface area contributed by atoms with E-state index in [1.165, 1.54) is 6.92 Å². The number of hydrogen-bond donors (Lipinski definition) is 1. The number of methoxy groups -OCH3 is 1. The van der Waals surface area contributed by atoms with Crippen molar-refractivity contribution >= 4 is 11.8 Å². The van der Waals surface area contributed by atoms with E-state index in [-0.39, 0.29) is 5.78 Å². The summed E-state index contributed by atoms with van der Waals surface area (Å²) in [6.45, 7) is 5.60. The first-order valence-electron chi connectivity index (χ1n) is 10.2. The molecule has 31 heavy (non-hydrogen) atoms. The monoisotopic (exact) mass is 426 g/mol. The lowest BCUT2D eigenvalue weighted by atomic mass is 9.92. The SMILES string of the molecule is COc1ccc(COC/C=C(\C)[C@@H](O)[C@@H](C)C(=O)[C@H](C)OC(=O)c2ccccc2)cc1. The van der Waals surface area contributed by atoms with Crippen LogP contribution in [0.2, 0.25) is 0 Å². The molecule has 2 rings (SSSR count). The van der Waals surface area contributed by atoms with Crippen molar-refractivity contribution in [2.45, 2.75) is 39.6 Å². The molecule has 6 heteroatoms. The van der Waals surface area contributed by atoms with Crippen molar-refractivity contribution in [2.24, 2.45) is 5.92 Å². The summed E-state index contributed by atoms with van der Waals surface area (Å²) in [6.07, 6.45) is -0.204. The molecule has 6 nitrogen and oxygen atoms in total. The summed E-state index contributed by atoms with van der Waals surface area (Å²) >= 11 is 0. The summed E-state index contributed by atoms with van der Waals surface area (Å²) in [5.41, 5.74) is 2.00. The molecule has 0 unspecified atom stereocenters. The summed E-state index contributed by atoms with van der Waals surface area (Å²) in [5.74, 6) is -0.854. The van der Waals surface area contributed by atoms with Gasteiger partial charge >= 0.3 is 5.97 Å². The lowest BCUT2D eigenvalue weighted by Crippen LogP contribution is -2.35. The Morgan fingerprint density at radius 1 is 1.03 bits per heavy atom. The average Bonchev–Trinajstić information content (AvgIpc) is 2.81. The van der Waals surface area contributed by atoms with E-state index in [0.29, 0.717) is 24.4 Å². The van der Waals surface area contributed by atoms with E-state index in [0.717, 1.165) is 11.3 Å². The van der Waals surface area contributed by atoms with Gasteiger partial charge in [-0.2, -0.15) is 0 Å². The van der Waals surface area contributed by atoms with Crippen molar-refractivity contribution in [1.82, 2.24) is 0 Å². The van der Waals surface area contributed by atoms with E-state index in [1.54, 1.807) is 57.4 Å². The summed E-state index contributed by atoms with van der Waals surface area (Å²) in [4.78, 5) is 24.8. The van der Waals surface area contributed by atoms with Gasteiger partial charge in [-0.05, 0) is 49.2 Å². The van der Waals surface area contributed by atoms with Gasteiger partial charge in [0.1, 0.15) is 5.75 Å². The molecule has 0 aromatic heterocycles. The first-order valence-corrected chi connectivity index (χ1v) is 10.2. The van der Waals surface area contributed by atoms with Crippen LogP contribution in [0.5, 0.6) is 5.75 Å². The topological polar surface area (TPSA) is 82.1 Å². The maximum Gasteiger partial charge on any atom is 0.338 e. The van der Waals surface area contributed by atoms with E-state index < -0.39 is 24.1 Å². The van der Waals surface area contributed by atoms with Crippen molar-refractivity contribution in [3.05, 3.63) is 77.4 Å². The van der Waals surface area contributed by atoms with Crippen LogP contribution in [0.15, 0.2) is 66.2 Å². The Morgan fingerprint density at radius 2 is 1.68 bits per heavy atom. The molecular weight excluding hydrogens is 396 g/mol. The van der Waals surface area contributed by atoms with Crippen molar-refractivity contribution in [3.8, 4) is 5.75 Å². The third-order valence-corrected chi connectivity index (χ3v) is 5.03. The van der Waals surface area contributed by atoms with E-state index >= 15 is 0 Å². The largest absolute Gasteiger partial charge is 0.497 e. The Labute approximate surface area is 183 Å². The third kappa shape index (κ3) is 7.35. The van der Waals surface area contributed by atoms with Crippen LogP contribution in [0.4, 0.5) is 0 Å².